The highest BCUT2D eigenvalue weighted by Gasteiger charge is 2.25. The van der Waals surface area contributed by atoms with Crippen molar-refractivity contribution in [1.29, 1.82) is 0 Å². The van der Waals surface area contributed by atoms with E-state index in [0.29, 0.717) is 5.56 Å². The van der Waals surface area contributed by atoms with Crippen LogP contribution < -0.4 is 0 Å². The quantitative estimate of drug-likeness (QED) is 0.312. The van der Waals surface area contributed by atoms with Gasteiger partial charge in [-0.1, -0.05) is 70.8 Å². The fraction of sp³-hybridized carbons (Fsp3) is 0.400. The van der Waals surface area contributed by atoms with Gasteiger partial charge < -0.3 is 5.11 Å². The van der Waals surface area contributed by atoms with Crippen molar-refractivity contribution in [3.8, 4) is 5.75 Å². The van der Waals surface area contributed by atoms with E-state index in [4.69, 9.17) is 23.2 Å². The molecule has 1 N–H and O–H groups in total. The van der Waals surface area contributed by atoms with Crippen LogP contribution in [0.1, 0.15) is 52.7 Å². The summed E-state index contributed by atoms with van der Waals surface area (Å²) in [5.74, 6) is -0.0167. The number of phenols is 1. The molecule has 2 rings (SSSR count). The fourth-order valence-electron chi connectivity index (χ4n) is 2.59. The standard InChI is InChI=1S/C20H23Cl2N3O3/c1-19(2,3)11-7-13(20(4,5)6)18(26)15(8-11)23-24-17-14(22)9-12(21)10-16(17)25(27)28/h7-10,26H,1-6H3/b24-23+. The van der Waals surface area contributed by atoms with E-state index >= 15 is 0 Å². The Morgan fingerprint density at radius 3 is 2.07 bits per heavy atom. The molecule has 6 nitrogen and oxygen atoms in total. The molecule has 0 atom stereocenters. The molecule has 28 heavy (non-hydrogen) atoms. The summed E-state index contributed by atoms with van der Waals surface area (Å²) in [4.78, 5) is 10.7. The van der Waals surface area contributed by atoms with Gasteiger partial charge in [0, 0.05) is 16.7 Å². The molecule has 0 radical (unpaired) electrons. The van der Waals surface area contributed by atoms with Gasteiger partial charge in [0.25, 0.3) is 5.69 Å². The Labute approximate surface area is 174 Å². The van der Waals surface area contributed by atoms with Gasteiger partial charge in [0.1, 0.15) is 11.4 Å². The molecule has 0 aliphatic carbocycles. The van der Waals surface area contributed by atoms with Crippen molar-refractivity contribution < 1.29 is 10.0 Å². The van der Waals surface area contributed by atoms with Crippen molar-refractivity contribution in [3.63, 3.8) is 0 Å². The summed E-state index contributed by atoms with van der Waals surface area (Å²) < 4.78 is 0. The van der Waals surface area contributed by atoms with Crippen LogP contribution in [0.2, 0.25) is 10.0 Å². The first-order valence-corrected chi connectivity index (χ1v) is 9.40. The van der Waals surface area contributed by atoms with E-state index < -0.39 is 4.92 Å². The first kappa shape index (κ1) is 22.1. The van der Waals surface area contributed by atoms with E-state index in [1.807, 2.05) is 47.6 Å². The number of azo groups is 1. The molecule has 2 aromatic carbocycles. The third-order valence-corrected chi connectivity index (χ3v) is 4.73. The van der Waals surface area contributed by atoms with E-state index in [9.17, 15) is 15.2 Å². The third-order valence-electron chi connectivity index (χ3n) is 4.23. The molecule has 0 saturated carbocycles. The molecule has 0 fully saturated rings. The lowest BCUT2D eigenvalue weighted by Crippen LogP contribution is -2.16. The van der Waals surface area contributed by atoms with Crippen LogP contribution in [0.5, 0.6) is 5.75 Å². The molecule has 2 aromatic rings. The Morgan fingerprint density at radius 1 is 0.964 bits per heavy atom. The van der Waals surface area contributed by atoms with Gasteiger partial charge in [-0.25, -0.2) is 0 Å². The predicted molar refractivity (Wildman–Crippen MR) is 113 cm³/mol. The molecule has 8 heteroatoms. The predicted octanol–water partition coefficient (Wildman–Crippen LogP) is 7.62. The molecule has 150 valence electrons. The summed E-state index contributed by atoms with van der Waals surface area (Å²) in [5, 5.41) is 30.3. The average molecular weight is 424 g/mol. The van der Waals surface area contributed by atoms with Gasteiger partial charge in [-0.3, -0.25) is 10.1 Å². The van der Waals surface area contributed by atoms with E-state index in [1.165, 1.54) is 6.07 Å². The molecule has 0 spiro atoms. The highest BCUT2D eigenvalue weighted by atomic mass is 35.5. The van der Waals surface area contributed by atoms with E-state index in [1.54, 1.807) is 6.07 Å². The lowest BCUT2D eigenvalue weighted by atomic mass is 9.80. The Balaban J connectivity index is 2.69. The minimum atomic E-state index is -0.627. The van der Waals surface area contributed by atoms with Crippen LogP contribution in [-0.2, 0) is 10.8 Å². The molecular weight excluding hydrogens is 401 g/mol. The summed E-state index contributed by atoms with van der Waals surface area (Å²) in [7, 11) is 0. The van der Waals surface area contributed by atoms with Crippen LogP contribution in [0.4, 0.5) is 17.1 Å². The van der Waals surface area contributed by atoms with Crippen LogP contribution >= 0.6 is 23.2 Å². The van der Waals surface area contributed by atoms with Crippen molar-refractivity contribution in [3.05, 3.63) is 55.6 Å². The molecule has 0 heterocycles. The Morgan fingerprint density at radius 2 is 1.57 bits per heavy atom. The molecule has 0 unspecified atom stereocenters. The first-order valence-electron chi connectivity index (χ1n) is 8.65. The minimum absolute atomic E-state index is 0.00506. The van der Waals surface area contributed by atoms with Gasteiger partial charge >= 0.3 is 0 Å². The van der Waals surface area contributed by atoms with Gasteiger partial charge in [0.15, 0.2) is 5.69 Å². The zero-order chi connectivity index (χ0) is 21.4. The monoisotopic (exact) mass is 423 g/mol. The topological polar surface area (TPSA) is 88.1 Å². The summed E-state index contributed by atoms with van der Waals surface area (Å²) >= 11 is 11.9. The van der Waals surface area contributed by atoms with Crippen molar-refractivity contribution in [2.75, 3.05) is 0 Å². The van der Waals surface area contributed by atoms with E-state index in [2.05, 4.69) is 10.2 Å². The minimum Gasteiger partial charge on any atom is -0.505 e. The summed E-state index contributed by atoms with van der Waals surface area (Å²) in [6, 6.07) is 6.19. The lowest BCUT2D eigenvalue weighted by Gasteiger charge is -2.26. The van der Waals surface area contributed by atoms with Gasteiger partial charge in [0.05, 0.1) is 9.95 Å². The number of hydrogen-bond acceptors (Lipinski definition) is 5. The number of aromatic hydroxyl groups is 1. The number of rotatable bonds is 3. The number of phenolic OH excluding ortho intramolecular Hbond substituents is 1. The Bertz CT molecular complexity index is 959. The number of hydrogen-bond donors (Lipinski definition) is 1. The van der Waals surface area contributed by atoms with Crippen LogP contribution in [0.15, 0.2) is 34.5 Å². The highest BCUT2D eigenvalue weighted by molar-refractivity contribution is 6.36. The smallest absolute Gasteiger partial charge is 0.299 e. The molecule has 0 aliphatic rings. The summed E-state index contributed by atoms with van der Waals surface area (Å²) in [5.41, 5.74) is 0.892. The summed E-state index contributed by atoms with van der Waals surface area (Å²) in [6.45, 7) is 12.1. The first-order chi connectivity index (χ1) is 12.7. The van der Waals surface area contributed by atoms with E-state index in [0.717, 1.165) is 11.6 Å². The van der Waals surface area contributed by atoms with Crippen LogP contribution in [0.3, 0.4) is 0 Å². The Kier molecular flexibility index (Phi) is 6.07. The largest absolute Gasteiger partial charge is 0.505 e. The molecule has 0 saturated heterocycles. The molecule has 0 aliphatic heterocycles. The number of benzene rings is 2. The normalized spacial score (nSPS) is 12.6. The molecule has 0 amide bonds. The van der Waals surface area contributed by atoms with Gasteiger partial charge in [-0.15, -0.1) is 10.2 Å². The fourth-order valence-corrected chi connectivity index (χ4v) is 3.12. The molecular formula is C20H23Cl2N3O3. The zero-order valence-corrected chi connectivity index (χ0v) is 18.2. The second kappa shape index (κ2) is 7.68. The lowest BCUT2D eigenvalue weighted by molar-refractivity contribution is -0.384. The van der Waals surface area contributed by atoms with Gasteiger partial charge in [0.2, 0.25) is 0 Å². The maximum Gasteiger partial charge on any atom is 0.299 e. The second-order valence-corrected chi connectivity index (χ2v) is 9.45. The van der Waals surface area contributed by atoms with Gasteiger partial charge in [-0.2, -0.15) is 0 Å². The van der Waals surface area contributed by atoms with Crippen LogP contribution in [0, 0.1) is 10.1 Å². The maximum atomic E-state index is 11.3. The molecule has 0 aromatic heterocycles. The maximum absolute atomic E-state index is 11.3. The molecule has 0 bridgehead atoms. The van der Waals surface area contributed by atoms with Crippen LogP contribution in [0.25, 0.3) is 0 Å². The van der Waals surface area contributed by atoms with Crippen molar-refractivity contribution in [1.82, 2.24) is 0 Å². The zero-order valence-electron chi connectivity index (χ0n) is 16.7. The Hall–Kier alpha value is -2.18. The van der Waals surface area contributed by atoms with Crippen molar-refractivity contribution in [2.24, 2.45) is 10.2 Å². The summed E-state index contributed by atoms with van der Waals surface area (Å²) in [6.07, 6.45) is 0. The van der Waals surface area contributed by atoms with Crippen molar-refractivity contribution >= 4 is 40.3 Å². The van der Waals surface area contributed by atoms with Gasteiger partial charge in [-0.05, 0) is 28.5 Å². The second-order valence-electron chi connectivity index (χ2n) is 8.60. The SMILES string of the molecule is CC(C)(C)c1cc(/N=N/c2c(Cl)cc(Cl)cc2[N+](=O)[O-])c(O)c(C(C)(C)C)c1. The highest BCUT2D eigenvalue weighted by Crippen LogP contribution is 2.44. The number of halogens is 2. The van der Waals surface area contributed by atoms with Crippen molar-refractivity contribution in [2.45, 2.75) is 52.4 Å². The number of nitrogens with zero attached hydrogens (tertiary/aromatic N) is 3. The van der Waals surface area contributed by atoms with E-state index in [-0.39, 0.29) is 43.7 Å². The van der Waals surface area contributed by atoms with Crippen LogP contribution in [-0.4, -0.2) is 10.0 Å². The number of nitro groups is 1. The number of nitro benzene ring substituents is 1. The average Bonchev–Trinajstić information content (AvgIpc) is 2.52. The third kappa shape index (κ3) is 4.80.